The van der Waals surface area contributed by atoms with E-state index >= 15 is 0 Å². The van der Waals surface area contributed by atoms with E-state index in [0.29, 0.717) is 19.3 Å². The Morgan fingerprint density at radius 3 is 0.889 bits per heavy atom. The Hall–Kier alpha value is -4.19. The molecule has 0 aliphatic rings. The molecule has 0 bridgehead atoms. The van der Waals surface area contributed by atoms with Gasteiger partial charge >= 0.3 is 17.9 Å². The zero-order valence-electron chi connectivity index (χ0n) is 46.7. The molecule has 0 saturated carbocycles. The molecule has 0 aliphatic carbocycles. The quantitative estimate of drug-likeness (QED) is 0.0261. The summed E-state index contributed by atoms with van der Waals surface area (Å²) in [6.07, 6.45) is 82.2. The van der Waals surface area contributed by atoms with Gasteiger partial charge in [-0.15, -0.1) is 0 Å². The zero-order chi connectivity index (χ0) is 52.2. The fraction of sp³-hybridized carbons (Fsp3) is 0.652. The molecule has 408 valence electrons. The Labute approximate surface area is 443 Å². The van der Waals surface area contributed by atoms with Crippen LogP contribution in [0.1, 0.15) is 258 Å². The molecule has 0 fully saturated rings. The monoisotopic (exact) mass is 997 g/mol. The molecule has 0 spiro atoms. The van der Waals surface area contributed by atoms with Crippen LogP contribution in [0, 0.1) is 0 Å². The lowest BCUT2D eigenvalue weighted by Crippen LogP contribution is -2.30. The maximum Gasteiger partial charge on any atom is 0.306 e. The number of unbranched alkanes of at least 4 members (excludes halogenated alkanes) is 21. The topological polar surface area (TPSA) is 78.9 Å². The maximum absolute atomic E-state index is 12.7. The Balaban J connectivity index is 4.11. The second-order valence-electron chi connectivity index (χ2n) is 19.2. The lowest BCUT2D eigenvalue weighted by Gasteiger charge is -2.18. The summed E-state index contributed by atoms with van der Waals surface area (Å²) in [6, 6.07) is 0. The van der Waals surface area contributed by atoms with Crippen molar-refractivity contribution < 1.29 is 28.6 Å². The SMILES string of the molecule is CC/C=C\C/C=C\C/C=C\C/C=C\C/C=C\C/C=C\C/C=C\C/C=C\C/C=C\CCCCCCCCCC(=O)OCC(COC(=O)CCCCCCCCC)OC(=O)CCCCCCC/C=C\CCCCC. The van der Waals surface area contributed by atoms with Crippen molar-refractivity contribution in [2.75, 3.05) is 13.2 Å². The first-order valence-electron chi connectivity index (χ1n) is 29.5. The van der Waals surface area contributed by atoms with Gasteiger partial charge in [0.05, 0.1) is 0 Å². The van der Waals surface area contributed by atoms with Gasteiger partial charge in [-0.05, 0) is 116 Å². The summed E-state index contributed by atoms with van der Waals surface area (Å²) in [5, 5.41) is 0. The van der Waals surface area contributed by atoms with Crippen molar-refractivity contribution in [3.8, 4) is 0 Å². The minimum absolute atomic E-state index is 0.0850. The highest BCUT2D eigenvalue weighted by Crippen LogP contribution is 2.14. The van der Waals surface area contributed by atoms with Crippen LogP contribution in [-0.4, -0.2) is 37.2 Å². The minimum Gasteiger partial charge on any atom is -0.462 e. The number of ether oxygens (including phenoxy) is 3. The average Bonchev–Trinajstić information content (AvgIpc) is 3.38. The van der Waals surface area contributed by atoms with Gasteiger partial charge in [-0.1, -0.05) is 245 Å². The summed E-state index contributed by atoms with van der Waals surface area (Å²) in [7, 11) is 0. The van der Waals surface area contributed by atoms with Gasteiger partial charge in [-0.25, -0.2) is 0 Å². The third-order valence-corrected chi connectivity index (χ3v) is 12.2. The first-order valence-corrected chi connectivity index (χ1v) is 29.5. The number of esters is 3. The summed E-state index contributed by atoms with van der Waals surface area (Å²) >= 11 is 0. The Kier molecular flexibility index (Phi) is 55.9. The van der Waals surface area contributed by atoms with Gasteiger partial charge in [0.2, 0.25) is 0 Å². The van der Waals surface area contributed by atoms with Crippen LogP contribution in [0.4, 0.5) is 0 Å². The Bertz CT molecular complexity index is 1520. The third kappa shape index (κ3) is 56.7. The van der Waals surface area contributed by atoms with E-state index in [1.807, 2.05) is 0 Å². The Morgan fingerprint density at radius 1 is 0.292 bits per heavy atom. The number of rotatable bonds is 52. The second kappa shape index (κ2) is 59.4. The number of hydrogen-bond donors (Lipinski definition) is 0. The molecular formula is C66H108O6. The molecule has 0 amide bonds. The van der Waals surface area contributed by atoms with E-state index in [-0.39, 0.29) is 31.1 Å². The third-order valence-electron chi connectivity index (χ3n) is 12.2. The molecule has 0 heterocycles. The smallest absolute Gasteiger partial charge is 0.306 e. The molecule has 0 aromatic carbocycles. The van der Waals surface area contributed by atoms with Crippen LogP contribution in [0.5, 0.6) is 0 Å². The van der Waals surface area contributed by atoms with E-state index in [1.54, 1.807) is 0 Å². The summed E-state index contributed by atoms with van der Waals surface area (Å²) in [5.41, 5.74) is 0. The number of hydrogen-bond acceptors (Lipinski definition) is 6. The van der Waals surface area contributed by atoms with E-state index in [1.165, 1.54) is 83.5 Å². The van der Waals surface area contributed by atoms with Crippen molar-refractivity contribution in [1.29, 1.82) is 0 Å². The number of carbonyl (C=O) groups is 3. The zero-order valence-corrected chi connectivity index (χ0v) is 46.7. The molecule has 1 atom stereocenters. The van der Waals surface area contributed by atoms with Crippen molar-refractivity contribution in [2.45, 2.75) is 264 Å². The largest absolute Gasteiger partial charge is 0.462 e. The van der Waals surface area contributed by atoms with Crippen LogP contribution in [0.25, 0.3) is 0 Å². The highest BCUT2D eigenvalue weighted by molar-refractivity contribution is 5.71. The van der Waals surface area contributed by atoms with Gasteiger partial charge in [-0.3, -0.25) is 14.4 Å². The van der Waals surface area contributed by atoms with Gasteiger partial charge in [0.25, 0.3) is 0 Å². The molecule has 0 aromatic rings. The van der Waals surface area contributed by atoms with Crippen molar-refractivity contribution in [3.63, 3.8) is 0 Å². The van der Waals surface area contributed by atoms with Gasteiger partial charge in [-0.2, -0.15) is 0 Å². The highest BCUT2D eigenvalue weighted by atomic mass is 16.6. The summed E-state index contributed by atoms with van der Waals surface area (Å²) < 4.78 is 16.7. The second-order valence-corrected chi connectivity index (χ2v) is 19.2. The molecule has 0 saturated heterocycles. The molecule has 0 aliphatic heterocycles. The average molecular weight is 998 g/mol. The molecule has 72 heavy (non-hydrogen) atoms. The van der Waals surface area contributed by atoms with E-state index in [0.717, 1.165) is 135 Å². The van der Waals surface area contributed by atoms with E-state index in [4.69, 9.17) is 14.2 Å². The van der Waals surface area contributed by atoms with Crippen LogP contribution in [0.2, 0.25) is 0 Å². The van der Waals surface area contributed by atoms with Gasteiger partial charge < -0.3 is 14.2 Å². The normalized spacial score (nSPS) is 13.0. The fourth-order valence-electron chi connectivity index (χ4n) is 7.78. The number of carbonyl (C=O) groups excluding carboxylic acids is 3. The van der Waals surface area contributed by atoms with Crippen molar-refractivity contribution in [3.05, 3.63) is 122 Å². The summed E-state index contributed by atoms with van der Waals surface area (Å²) in [5.74, 6) is -0.916. The van der Waals surface area contributed by atoms with Gasteiger partial charge in [0.15, 0.2) is 6.10 Å². The first kappa shape index (κ1) is 67.8. The van der Waals surface area contributed by atoms with E-state index < -0.39 is 6.10 Å². The molecule has 6 heteroatoms. The van der Waals surface area contributed by atoms with E-state index in [2.05, 4.69) is 142 Å². The van der Waals surface area contributed by atoms with Gasteiger partial charge in [0, 0.05) is 19.3 Å². The molecule has 0 radical (unpaired) electrons. The van der Waals surface area contributed by atoms with Crippen LogP contribution in [-0.2, 0) is 28.6 Å². The van der Waals surface area contributed by atoms with E-state index in [9.17, 15) is 14.4 Å². The molecule has 0 N–H and O–H groups in total. The maximum atomic E-state index is 12.7. The minimum atomic E-state index is -0.784. The highest BCUT2D eigenvalue weighted by Gasteiger charge is 2.19. The molecule has 6 nitrogen and oxygen atoms in total. The van der Waals surface area contributed by atoms with Gasteiger partial charge in [0.1, 0.15) is 13.2 Å². The lowest BCUT2D eigenvalue weighted by molar-refractivity contribution is -0.167. The molecule has 0 aromatic heterocycles. The van der Waals surface area contributed by atoms with Crippen LogP contribution in [0.3, 0.4) is 0 Å². The number of allylic oxidation sites excluding steroid dienone is 20. The summed E-state index contributed by atoms with van der Waals surface area (Å²) in [6.45, 7) is 6.43. The van der Waals surface area contributed by atoms with Crippen LogP contribution < -0.4 is 0 Å². The Morgan fingerprint density at radius 2 is 0.542 bits per heavy atom. The lowest BCUT2D eigenvalue weighted by atomic mass is 10.1. The standard InChI is InChI=1S/C66H108O6/c1-4-7-10-13-16-18-20-22-23-24-25-26-27-28-29-30-31-32-33-34-35-36-37-38-39-40-41-42-43-44-46-47-50-53-56-59-65(68)71-62-63(61-70-64(67)58-55-52-49-15-12-9-6-3)72-66(69)60-57-54-51-48-45-21-19-17-14-11-8-5-2/h7,10,16-19,22-23,25-26,28-29,31-32,34-35,37-38,40-41,63H,4-6,8-9,11-15,20-21,24,27,30,33,36,39,42-62H2,1-3H3/b10-7-,18-16-,19-17-,23-22-,26-25-,29-28-,32-31-,35-34-,38-37-,41-40-. The van der Waals surface area contributed by atoms with Crippen molar-refractivity contribution in [1.82, 2.24) is 0 Å². The predicted octanol–water partition coefficient (Wildman–Crippen LogP) is 20.0. The van der Waals surface area contributed by atoms with Crippen molar-refractivity contribution in [2.24, 2.45) is 0 Å². The molecular weight excluding hydrogens is 889 g/mol. The fourth-order valence-corrected chi connectivity index (χ4v) is 7.78. The summed E-state index contributed by atoms with van der Waals surface area (Å²) in [4.78, 5) is 37.8. The first-order chi connectivity index (χ1) is 35.5. The molecule has 0 rings (SSSR count). The van der Waals surface area contributed by atoms with Crippen LogP contribution >= 0.6 is 0 Å². The van der Waals surface area contributed by atoms with Crippen LogP contribution in [0.15, 0.2) is 122 Å². The van der Waals surface area contributed by atoms with Crippen molar-refractivity contribution >= 4 is 17.9 Å². The molecule has 1 unspecified atom stereocenters. The predicted molar refractivity (Wildman–Crippen MR) is 311 cm³/mol.